The van der Waals surface area contributed by atoms with Crippen molar-refractivity contribution in [2.45, 2.75) is 38.9 Å². The van der Waals surface area contributed by atoms with Gasteiger partial charge in [0.1, 0.15) is 12.4 Å². The summed E-state index contributed by atoms with van der Waals surface area (Å²) < 4.78 is 15.1. The Labute approximate surface area is 162 Å². The number of carbonyl (C=O) groups is 1. The van der Waals surface area contributed by atoms with E-state index in [0.717, 1.165) is 19.4 Å². The van der Waals surface area contributed by atoms with Crippen LogP contribution >= 0.6 is 0 Å². The van der Waals surface area contributed by atoms with E-state index in [4.69, 9.17) is 0 Å². The molecule has 1 aliphatic heterocycles. The number of amides is 1. The van der Waals surface area contributed by atoms with Gasteiger partial charge in [-0.25, -0.2) is 9.18 Å². The van der Waals surface area contributed by atoms with Crippen LogP contribution in [0.1, 0.15) is 24.0 Å². The molecule has 1 fully saturated rings. The lowest BCUT2D eigenvalue weighted by Crippen LogP contribution is -2.49. The predicted octanol–water partition coefficient (Wildman–Crippen LogP) is 1.11. The molecule has 0 radical (unpaired) electrons. The van der Waals surface area contributed by atoms with Crippen LogP contribution in [0, 0.1) is 12.7 Å². The van der Waals surface area contributed by atoms with Crippen LogP contribution in [0.4, 0.5) is 4.39 Å². The highest BCUT2D eigenvalue weighted by molar-refractivity contribution is 5.76. The second-order valence-electron chi connectivity index (χ2n) is 7.33. The summed E-state index contributed by atoms with van der Waals surface area (Å²) in [5.74, 6) is -0.423. The van der Waals surface area contributed by atoms with E-state index in [-0.39, 0.29) is 24.3 Å². The third-order valence-corrected chi connectivity index (χ3v) is 5.27. The number of likely N-dealkylation sites (N-methyl/N-ethyl adjacent to an activating group) is 1. The first-order chi connectivity index (χ1) is 13.3. The summed E-state index contributed by atoms with van der Waals surface area (Å²) in [6.45, 7) is 3.47. The van der Waals surface area contributed by atoms with Crippen molar-refractivity contribution < 1.29 is 9.18 Å². The molecule has 1 aromatic carbocycles. The number of halogens is 1. The molecule has 3 rings (SSSR count). The molecular weight excluding hydrogens is 363 g/mol. The van der Waals surface area contributed by atoms with Crippen molar-refractivity contribution in [3.05, 3.63) is 68.2 Å². The molecule has 2 aromatic rings. The molecule has 1 atom stereocenters. The predicted molar refractivity (Wildman–Crippen MR) is 104 cm³/mol. The van der Waals surface area contributed by atoms with Gasteiger partial charge in [-0.3, -0.25) is 24.0 Å². The normalized spacial score (nSPS) is 17.5. The first-order valence-electron chi connectivity index (χ1n) is 9.37. The number of H-pyrrole nitrogens is 1. The number of hydrogen-bond donors (Lipinski definition) is 1. The molecule has 1 saturated heterocycles. The minimum atomic E-state index is -0.595. The van der Waals surface area contributed by atoms with Gasteiger partial charge in [0.2, 0.25) is 5.91 Å². The van der Waals surface area contributed by atoms with Gasteiger partial charge in [-0.1, -0.05) is 18.2 Å². The Kier molecular flexibility index (Phi) is 6.08. The molecule has 0 saturated carbocycles. The largest absolute Gasteiger partial charge is 0.340 e. The molecule has 28 heavy (non-hydrogen) atoms. The van der Waals surface area contributed by atoms with Crippen molar-refractivity contribution in [2.75, 3.05) is 20.1 Å². The fourth-order valence-corrected chi connectivity index (χ4v) is 3.56. The topological polar surface area (TPSA) is 78.4 Å². The number of likely N-dealkylation sites (tertiary alicyclic amines) is 1. The first-order valence-corrected chi connectivity index (χ1v) is 9.37. The molecule has 7 nitrogen and oxygen atoms in total. The average molecular weight is 388 g/mol. The van der Waals surface area contributed by atoms with E-state index < -0.39 is 11.2 Å². The zero-order valence-electron chi connectivity index (χ0n) is 16.2. The SMILES string of the molecule is Cc1cn(CC(=O)N(C)C2CCCN(Cc3ccccc3F)C2)c(=O)[nH]c1=O. The van der Waals surface area contributed by atoms with Crippen LogP contribution in [-0.4, -0.2) is 51.4 Å². The lowest BCUT2D eigenvalue weighted by molar-refractivity contribution is -0.133. The molecule has 0 aliphatic carbocycles. The Morgan fingerprint density at radius 2 is 2.07 bits per heavy atom. The van der Waals surface area contributed by atoms with Crippen LogP contribution in [-0.2, 0) is 17.9 Å². The van der Waals surface area contributed by atoms with Crippen molar-refractivity contribution in [3.63, 3.8) is 0 Å². The van der Waals surface area contributed by atoms with Crippen LogP contribution in [0.15, 0.2) is 40.1 Å². The monoisotopic (exact) mass is 388 g/mol. The van der Waals surface area contributed by atoms with E-state index in [9.17, 15) is 18.8 Å². The maximum absolute atomic E-state index is 13.9. The van der Waals surface area contributed by atoms with Crippen LogP contribution in [0.5, 0.6) is 0 Å². The standard InChI is InChI=1S/C20H25FN4O3/c1-14-10-25(20(28)22-19(14)27)13-18(26)23(2)16-7-5-9-24(12-16)11-15-6-3-4-8-17(15)21/h3-4,6,8,10,16H,5,7,9,11-13H2,1-2H3,(H,22,27,28). The van der Waals surface area contributed by atoms with Gasteiger partial charge in [0.15, 0.2) is 0 Å². The van der Waals surface area contributed by atoms with Gasteiger partial charge in [0.05, 0.1) is 0 Å². The molecule has 1 aromatic heterocycles. The molecule has 1 N–H and O–H groups in total. The highest BCUT2D eigenvalue weighted by Crippen LogP contribution is 2.18. The van der Waals surface area contributed by atoms with E-state index in [2.05, 4.69) is 9.88 Å². The number of benzene rings is 1. The number of hydrogen-bond acceptors (Lipinski definition) is 4. The third-order valence-electron chi connectivity index (χ3n) is 5.27. The van der Waals surface area contributed by atoms with Gasteiger partial charge < -0.3 is 4.90 Å². The fourth-order valence-electron chi connectivity index (χ4n) is 3.56. The number of aromatic nitrogens is 2. The van der Waals surface area contributed by atoms with Gasteiger partial charge in [-0.2, -0.15) is 0 Å². The van der Waals surface area contributed by atoms with Gasteiger partial charge >= 0.3 is 5.69 Å². The minimum Gasteiger partial charge on any atom is -0.340 e. The Morgan fingerprint density at radius 1 is 1.32 bits per heavy atom. The highest BCUT2D eigenvalue weighted by Gasteiger charge is 2.26. The smallest absolute Gasteiger partial charge is 0.328 e. The van der Waals surface area contributed by atoms with E-state index in [1.165, 1.54) is 16.8 Å². The third kappa shape index (κ3) is 4.56. The van der Waals surface area contributed by atoms with Gasteiger partial charge in [0.25, 0.3) is 5.56 Å². The summed E-state index contributed by atoms with van der Waals surface area (Å²) in [5.41, 5.74) is -0.0172. The number of nitrogens with one attached hydrogen (secondary N) is 1. The first kappa shape index (κ1) is 20.0. The number of carbonyl (C=O) groups excluding carboxylic acids is 1. The van der Waals surface area contributed by atoms with E-state index in [0.29, 0.717) is 24.2 Å². The lowest BCUT2D eigenvalue weighted by Gasteiger charge is -2.37. The number of rotatable bonds is 5. The summed E-state index contributed by atoms with van der Waals surface area (Å²) in [6, 6.07) is 6.71. The van der Waals surface area contributed by atoms with Crippen LogP contribution < -0.4 is 11.2 Å². The summed E-state index contributed by atoms with van der Waals surface area (Å²) in [6.07, 6.45) is 3.17. The second kappa shape index (κ2) is 8.52. The van der Waals surface area contributed by atoms with Crippen LogP contribution in [0.3, 0.4) is 0 Å². The Morgan fingerprint density at radius 3 is 2.82 bits per heavy atom. The molecule has 2 heterocycles. The molecule has 1 unspecified atom stereocenters. The van der Waals surface area contributed by atoms with Crippen LogP contribution in [0.2, 0.25) is 0 Å². The molecule has 8 heteroatoms. The molecular formula is C20H25FN4O3. The molecule has 1 aliphatic rings. The van der Waals surface area contributed by atoms with Crippen molar-refractivity contribution in [1.29, 1.82) is 0 Å². The average Bonchev–Trinajstić information content (AvgIpc) is 2.67. The van der Waals surface area contributed by atoms with Gasteiger partial charge in [-0.15, -0.1) is 0 Å². The zero-order chi connectivity index (χ0) is 20.3. The quantitative estimate of drug-likeness (QED) is 0.832. The van der Waals surface area contributed by atoms with E-state index >= 15 is 0 Å². The van der Waals surface area contributed by atoms with Gasteiger partial charge in [0, 0.05) is 43.5 Å². The Hall–Kier alpha value is -2.74. The molecule has 0 spiro atoms. The van der Waals surface area contributed by atoms with Crippen molar-refractivity contribution in [2.24, 2.45) is 0 Å². The van der Waals surface area contributed by atoms with E-state index in [1.807, 2.05) is 6.07 Å². The fraction of sp³-hybridized carbons (Fsp3) is 0.450. The minimum absolute atomic E-state index is 0.00687. The Bertz CT molecular complexity index is 968. The number of aryl methyl sites for hydroxylation is 1. The second-order valence-corrected chi connectivity index (χ2v) is 7.33. The number of nitrogens with zero attached hydrogens (tertiary/aromatic N) is 3. The summed E-state index contributed by atoms with van der Waals surface area (Å²) in [7, 11) is 1.73. The zero-order valence-corrected chi connectivity index (χ0v) is 16.2. The summed E-state index contributed by atoms with van der Waals surface area (Å²) in [5, 5.41) is 0. The summed E-state index contributed by atoms with van der Waals surface area (Å²) in [4.78, 5) is 42.1. The van der Waals surface area contributed by atoms with Crippen molar-refractivity contribution >= 4 is 5.91 Å². The summed E-state index contributed by atoms with van der Waals surface area (Å²) >= 11 is 0. The Balaban J connectivity index is 1.65. The number of piperidine rings is 1. The highest BCUT2D eigenvalue weighted by atomic mass is 19.1. The van der Waals surface area contributed by atoms with E-state index in [1.54, 1.807) is 31.0 Å². The molecule has 0 bridgehead atoms. The molecule has 1 amide bonds. The maximum Gasteiger partial charge on any atom is 0.328 e. The van der Waals surface area contributed by atoms with Crippen molar-refractivity contribution in [3.8, 4) is 0 Å². The lowest BCUT2D eigenvalue weighted by atomic mass is 10.0. The molecule has 150 valence electrons. The van der Waals surface area contributed by atoms with Crippen LogP contribution in [0.25, 0.3) is 0 Å². The van der Waals surface area contributed by atoms with Crippen molar-refractivity contribution in [1.82, 2.24) is 19.4 Å². The maximum atomic E-state index is 13.9. The van der Waals surface area contributed by atoms with Gasteiger partial charge in [-0.05, 0) is 32.4 Å². The number of aromatic amines is 1.